The summed E-state index contributed by atoms with van der Waals surface area (Å²) < 4.78 is 5.51. The maximum atomic E-state index is 12.8. The second-order valence-electron chi connectivity index (χ2n) is 7.13. The molecular weight excluding hydrogens is 332 g/mol. The summed E-state index contributed by atoms with van der Waals surface area (Å²) in [5, 5.41) is 3.11. The van der Waals surface area contributed by atoms with Crippen LogP contribution < -0.4 is 5.32 Å². The normalized spacial score (nSPS) is 18.5. The Balaban J connectivity index is 1.35. The molecule has 2 fully saturated rings. The van der Waals surface area contributed by atoms with Gasteiger partial charge in [0.1, 0.15) is 5.52 Å². The molecule has 1 aliphatic heterocycles. The van der Waals surface area contributed by atoms with E-state index in [2.05, 4.69) is 10.3 Å². The molecule has 7 nitrogen and oxygen atoms in total. The van der Waals surface area contributed by atoms with Crippen LogP contribution in [0.4, 0.5) is 4.79 Å². The lowest BCUT2D eigenvalue weighted by atomic mass is 10.1. The van der Waals surface area contributed by atoms with Crippen LogP contribution >= 0.6 is 0 Å². The summed E-state index contributed by atoms with van der Waals surface area (Å²) in [7, 11) is 0. The van der Waals surface area contributed by atoms with E-state index < -0.39 is 0 Å². The molecule has 138 valence electrons. The molecule has 1 aromatic carbocycles. The van der Waals surface area contributed by atoms with Gasteiger partial charge in [0.2, 0.25) is 0 Å². The van der Waals surface area contributed by atoms with E-state index in [9.17, 15) is 9.59 Å². The Hall–Kier alpha value is -2.57. The number of amides is 3. The minimum absolute atomic E-state index is 0.00236. The van der Waals surface area contributed by atoms with E-state index in [-0.39, 0.29) is 11.9 Å². The molecule has 1 aromatic heterocycles. The molecule has 7 heteroatoms. The first kappa shape index (κ1) is 16.9. The van der Waals surface area contributed by atoms with Gasteiger partial charge in [-0.25, -0.2) is 9.78 Å². The number of piperazine rings is 1. The SMILES string of the molecule is Cc1nc2ccc(C(=O)N3CCN(C(=O)NC4CCCC4)CC3)cc2o1. The van der Waals surface area contributed by atoms with Crippen molar-refractivity contribution in [1.29, 1.82) is 0 Å². The molecule has 0 radical (unpaired) electrons. The lowest BCUT2D eigenvalue weighted by Gasteiger charge is -2.35. The Morgan fingerprint density at radius 2 is 1.81 bits per heavy atom. The first-order chi connectivity index (χ1) is 12.6. The second kappa shape index (κ2) is 6.97. The van der Waals surface area contributed by atoms with Gasteiger partial charge in [-0.2, -0.15) is 0 Å². The predicted octanol–water partition coefficient (Wildman–Crippen LogP) is 2.55. The molecule has 2 heterocycles. The third kappa shape index (κ3) is 3.38. The molecule has 1 aliphatic carbocycles. The molecule has 0 unspecified atom stereocenters. The zero-order chi connectivity index (χ0) is 18.1. The molecule has 0 spiro atoms. The Labute approximate surface area is 152 Å². The highest BCUT2D eigenvalue weighted by Crippen LogP contribution is 2.20. The quantitative estimate of drug-likeness (QED) is 0.897. The molecule has 0 atom stereocenters. The maximum absolute atomic E-state index is 12.8. The number of benzene rings is 1. The molecule has 1 saturated heterocycles. The monoisotopic (exact) mass is 356 g/mol. The molecule has 1 saturated carbocycles. The average molecular weight is 356 g/mol. The van der Waals surface area contributed by atoms with Gasteiger partial charge in [-0.1, -0.05) is 12.8 Å². The van der Waals surface area contributed by atoms with Crippen LogP contribution in [0.2, 0.25) is 0 Å². The van der Waals surface area contributed by atoms with E-state index in [1.54, 1.807) is 24.0 Å². The minimum atomic E-state index is -0.0307. The average Bonchev–Trinajstić information content (AvgIpc) is 3.28. The number of carbonyl (C=O) groups excluding carboxylic acids is 2. The van der Waals surface area contributed by atoms with Crippen molar-refractivity contribution in [3.63, 3.8) is 0 Å². The molecular formula is C19H24N4O3. The number of aryl methyl sites for hydroxylation is 1. The van der Waals surface area contributed by atoms with Gasteiger partial charge in [-0.15, -0.1) is 0 Å². The van der Waals surface area contributed by atoms with Gasteiger partial charge in [0.05, 0.1) is 0 Å². The zero-order valence-electron chi connectivity index (χ0n) is 15.0. The predicted molar refractivity (Wildman–Crippen MR) is 97.0 cm³/mol. The highest BCUT2D eigenvalue weighted by atomic mass is 16.3. The van der Waals surface area contributed by atoms with Crippen molar-refractivity contribution in [2.75, 3.05) is 26.2 Å². The van der Waals surface area contributed by atoms with Crippen molar-refractivity contribution < 1.29 is 14.0 Å². The van der Waals surface area contributed by atoms with E-state index in [4.69, 9.17) is 4.42 Å². The number of aromatic nitrogens is 1. The van der Waals surface area contributed by atoms with Crippen molar-refractivity contribution in [3.8, 4) is 0 Å². The van der Waals surface area contributed by atoms with Gasteiger partial charge < -0.3 is 19.5 Å². The number of nitrogens with one attached hydrogen (secondary N) is 1. The van der Waals surface area contributed by atoms with E-state index in [1.165, 1.54) is 12.8 Å². The van der Waals surface area contributed by atoms with Gasteiger partial charge in [0.15, 0.2) is 11.5 Å². The third-order valence-electron chi connectivity index (χ3n) is 5.28. The first-order valence-electron chi connectivity index (χ1n) is 9.32. The van der Waals surface area contributed by atoms with Crippen LogP contribution in [0, 0.1) is 6.92 Å². The Kier molecular flexibility index (Phi) is 4.53. The summed E-state index contributed by atoms with van der Waals surface area (Å²) in [6.07, 6.45) is 4.55. The number of hydrogen-bond donors (Lipinski definition) is 1. The van der Waals surface area contributed by atoms with Gasteiger partial charge in [-0.05, 0) is 31.0 Å². The van der Waals surface area contributed by atoms with Crippen molar-refractivity contribution in [2.45, 2.75) is 38.6 Å². The first-order valence-corrected chi connectivity index (χ1v) is 9.32. The molecule has 3 amide bonds. The summed E-state index contributed by atoms with van der Waals surface area (Å²) in [6.45, 7) is 4.01. The number of fused-ring (bicyclic) bond motifs is 1. The van der Waals surface area contributed by atoms with Crippen LogP contribution in [0.25, 0.3) is 11.1 Å². The summed E-state index contributed by atoms with van der Waals surface area (Å²) in [5.41, 5.74) is 1.98. The Morgan fingerprint density at radius 3 is 2.54 bits per heavy atom. The number of nitrogens with zero attached hydrogens (tertiary/aromatic N) is 3. The van der Waals surface area contributed by atoms with Crippen molar-refractivity contribution in [3.05, 3.63) is 29.7 Å². The Morgan fingerprint density at radius 1 is 1.12 bits per heavy atom. The van der Waals surface area contributed by atoms with Gasteiger partial charge in [-0.3, -0.25) is 4.79 Å². The van der Waals surface area contributed by atoms with Gasteiger partial charge >= 0.3 is 6.03 Å². The molecule has 0 bridgehead atoms. The fourth-order valence-electron chi connectivity index (χ4n) is 3.80. The highest BCUT2D eigenvalue weighted by Gasteiger charge is 2.27. The maximum Gasteiger partial charge on any atom is 0.317 e. The topological polar surface area (TPSA) is 78.7 Å². The smallest absolute Gasteiger partial charge is 0.317 e. The number of hydrogen-bond acceptors (Lipinski definition) is 4. The van der Waals surface area contributed by atoms with Crippen LogP contribution in [0.5, 0.6) is 0 Å². The number of rotatable bonds is 2. The van der Waals surface area contributed by atoms with Crippen LogP contribution in [0.15, 0.2) is 22.6 Å². The number of urea groups is 1. The fraction of sp³-hybridized carbons (Fsp3) is 0.526. The summed E-state index contributed by atoms with van der Waals surface area (Å²) in [5.74, 6) is 0.559. The summed E-state index contributed by atoms with van der Waals surface area (Å²) in [4.78, 5) is 33.0. The minimum Gasteiger partial charge on any atom is -0.441 e. The third-order valence-corrected chi connectivity index (χ3v) is 5.28. The van der Waals surface area contributed by atoms with Crippen molar-refractivity contribution in [2.24, 2.45) is 0 Å². The number of carbonyl (C=O) groups is 2. The van der Waals surface area contributed by atoms with E-state index in [0.717, 1.165) is 18.4 Å². The largest absolute Gasteiger partial charge is 0.441 e. The zero-order valence-corrected chi connectivity index (χ0v) is 15.0. The lowest BCUT2D eigenvalue weighted by molar-refractivity contribution is 0.0663. The van der Waals surface area contributed by atoms with Gasteiger partial charge in [0.25, 0.3) is 5.91 Å². The molecule has 26 heavy (non-hydrogen) atoms. The second-order valence-corrected chi connectivity index (χ2v) is 7.13. The summed E-state index contributed by atoms with van der Waals surface area (Å²) >= 11 is 0. The standard InChI is InChI=1S/C19H24N4O3/c1-13-20-16-7-6-14(12-17(16)26-13)18(24)22-8-10-23(11-9-22)19(25)21-15-4-2-3-5-15/h6-7,12,15H,2-5,8-11H2,1H3,(H,21,25). The van der Waals surface area contributed by atoms with Crippen LogP contribution in [-0.2, 0) is 0 Å². The van der Waals surface area contributed by atoms with Crippen LogP contribution in [0.1, 0.15) is 41.9 Å². The highest BCUT2D eigenvalue weighted by molar-refractivity contribution is 5.97. The molecule has 1 N–H and O–H groups in total. The van der Waals surface area contributed by atoms with Gasteiger partial charge in [0, 0.05) is 44.7 Å². The van der Waals surface area contributed by atoms with E-state index in [0.29, 0.717) is 49.3 Å². The Bertz CT molecular complexity index is 817. The van der Waals surface area contributed by atoms with Crippen molar-refractivity contribution in [1.82, 2.24) is 20.1 Å². The van der Waals surface area contributed by atoms with Crippen LogP contribution in [-0.4, -0.2) is 58.9 Å². The van der Waals surface area contributed by atoms with Crippen molar-refractivity contribution >= 4 is 23.0 Å². The fourth-order valence-corrected chi connectivity index (χ4v) is 3.80. The van der Waals surface area contributed by atoms with Crippen LogP contribution in [0.3, 0.4) is 0 Å². The summed E-state index contributed by atoms with van der Waals surface area (Å²) in [6, 6.07) is 5.66. The van der Waals surface area contributed by atoms with E-state index in [1.807, 2.05) is 11.0 Å². The number of oxazole rings is 1. The molecule has 2 aliphatic rings. The molecule has 2 aromatic rings. The lowest BCUT2D eigenvalue weighted by Crippen LogP contribution is -2.54. The van der Waals surface area contributed by atoms with E-state index >= 15 is 0 Å². The molecule has 4 rings (SSSR count).